The molecule has 18 heavy (non-hydrogen) atoms. The summed E-state index contributed by atoms with van der Waals surface area (Å²) in [4.78, 5) is 0. The van der Waals surface area contributed by atoms with E-state index in [0.29, 0.717) is 11.3 Å². The minimum absolute atomic E-state index is 0.409. The van der Waals surface area contributed by atoms with Gasteiger partial charge >= 0.3 is 0 Å². The summed E-state index contributed by atoms with van der Waals surface area (Å²) in [6.07, 6.45) is 9.66. The monoisotopic (exact) mass is 250 g/mol. The molecule has 106 valence electrons. The highest BCUT2D eigenvalue weighted by Crippen LogP contribution is 2.32. The third-order valence-corrected chi connectivity index (χ3v) is 4.30. The number of rotatable bonds is 9. The lowest BCUT2D eigenvalue weighted by molar-refractivity contribution is 0.246. The fourth-order valence-electron chi connectivity index (χ4n) is 2.12. The molecule has 0 saturated carbocycles. The van der Waals surface area contributed by atoms with Crippen LogP contribution in [0, 0.1) is 17.3 Å². The number of unbranched alkanes of at least 4 members (excludes halogenated alkanes) is 2. The van der Waals surface area contributed by atoms with Gasteiger partial charge in [0.2, 0.25) is 0 Å². The van der Waals surface area contributed by atoms with Crippen LogP contribution in [0.1, 0.15) is 73.1 Å². The van der Waals surface area contributed by atoms with Crippen LogP contribution in [0.5, 0.6) is 0 Å². The molecule has 2 atom stereocenters. The average Bonchev–Trinajstić information content (AvgIpc) is 2.30. The van der Waals surface area contributed by atoms with Gasteiger partial charge in [0.25, 0.3) is 0 Å². The lowest BCUT2D eigenvalue weighted by Crippen LogP contribution is -2.17. The Morgan fingerprint density at radius 3 is 2.22 bits per heavy atom. The molecule has 0 aliphatic rings. The van der Waals surface area contributed by atoms with Crippen LogP contribution < -0.4 is 0 Å². The third kappa shape index (κ3) is 7.03. The van der Waals surface area contributed by atoms with E-state index in [9.17, 15) is 0 Å². The molecule has 0 heterocycles. The maximum Gasteiger partial charge on any atom is -0.00287 e. The van der Waals surface area contributed by atoms with Crippen LogP contribution >= 0.6 is 0 Å². The molecule has 0 spiro atoms. The maximum absolute atomic E-state index is 4.29. The molecule has 0 aromatic heterocycles. The predicted octanol–water partition coefficient (Wildman–Crippen LogP) is 6.39. The highest BCUT2D eigenvalue weighted by Gasteiger charge is 2.20. The van der Waals surface area contributed by atoms with Crippen LogP contribution in [0.2, 0.25) is 0 Å². The molecule has 0 saturated heterocycles. The summed E-state index contributed by atoms with van der Waals surface area (Å²) >= 11 is 0. The van der Waals surface area contributed by atoms with Crippen molar-refractivity contribution in [3.63, 3.8) is 0 Å². The van der Waals surface area contributed by atoms with E-state index in [1.165, 1.54) is 37.7 Å². The zero-order valence-corrected chi connectivity index (χ0v) is 13.4. The Hall–Kier alpha value is -0.520. The van der Waals surface area contributed by atoms with Gasteiger partial charge in [-0.2, -0.15) is 0 Å². The standard InChI is InChI=1S/C18H34/c1-8-10-11-12-17(9-2)15(3)13-14-16(4)18(5,6)7/h9,16-17H,2-3,8,10-14H2,1,4-7H3. The molecule has 0 fully saturated rings. The smallest absolute Gasteiger partial charge is 0.00287 e. The van der Waals surface area contributed by atoms with Gasteiger partial charge in [-0.1, -0.05) is 72.1 Å². The van der Waals surface area contributed by atoms with Crippen molar-refractivity contribution in [1.29, 1.82) is 0 Å². The van der Waals surface area contributed by atoms with Crippen molar-refractivity contribution < 1.29 is 0 Å². The average molecular weight is 250 g/mol. The molecule has 0 rings (SSSR count). The van der Waals surface area contributed by atoms with Crippen LogP contribution in [0.15, 0.2) is 24.8 Å². The van der Waals surface area contributed by atoms with E-state index in [-0.39, 0.29) is 0 Å². The number of hydrogen-bond acceptors (Lipinski definition) is 0. The van der Waals surface area contributed by atoms with E-state index in [1.807, 2.05) is 0 Å². The second-order valence-corrected chi connectivity index (χ2v) is 6.80. The molecule has 0 aliphatic carbocycles. The molecular formula is C18H34. The van der Waals surface area contributed by atoms with Gasteiger partial charge in [-0.05, 0) is 36.5 Å². The zero-order valence-electron chi connectivity index (χ0n) is 13.4. The molecule has 0 bridgehead atoms. The van der Waals surface area contributed by atoms with Crippen molar-refractivity contribution in [3.8, 4) is 0 Å². The first-order chi connectivity index (χ1) is 8.32. The second-order valence-electron chi connectivity index (χ2n) is 6.80. The van der Waals surface area contributed by atoms with E-state index >= 15 is 0 Å². The Balaban J connectivity index is 4.08. The fourth-order valence-corrected chi connectivity index (χ4v) is 2.12. The van der Waals surface area contributed by atoms with E-state index < -0.39 is 0 Å². The molecule has 0 nitrogen and oxygen atoms in total. The van der Waals surface area contributed by atoms with Crippen molar-refractivity contribution >= 4 is 0 Å². The van der Waals surface area contributed by atoms with Crippen LogP contribution in [-0.2, 0) is 0 Å². The van der Waals surface area contributed by atoms with Gasteiger partial charge in [0, 0.05) is 0 Å². The first kappa shape index (κ1) is 17.5. The van der Waals surface area contributed by atoms with Crippen LogP contribution in [0.25, 0.3) is 0 Å². The van der Waals surface area contributed by atoms with Crippen LogP contribution in [0.3, 0.4) is 0 Å². The fraction of sp³-hybridized carbons (Fsp3) is 0.778. The van der Waals surface area contributed by atoms with E-state index in [0.717, 1.165) is 12.3 Å². The van der Waals surface area contributed by atoms with E-state index in [4.69, 9.17) is 0 Å². The molecule has 0 N–H and O–H groups in total. The van der Waals surface area contributed by atoms with Gasteiger partial charge < -0.3 is 0 Å². The van der Waals surface area contributed by atoms with E-state index in [1.54, 1.807) is 0 Å². The Bertz CT molecular complexity index is 241. The summed E-state index contributed by atoms with van der Waals surface area (Å²) in [6.45, 7) is 19.8. The quantitative estimate of drug-likeness (QED) is 0.328. The zero-order chi connectivity index (χ0) is 14.2. The minimum atomic E-state index is 0.409. The molecule has 0 heteroatoms. The molecule has 0 aliphatic heterocycles. The predicted molar refractivity (Wildman–Crippen MR) is 84.8 cm³/mol. The van der Waals surface area contributed by atoms with Crippen LogP contribution in [-0.4, -0.2) is 0 Å². The highest BCUT2D eigenvalue weighted by molar-refractivity contribution is 5.07. The molecule has 0 amide bonds. The molecule has 2 unspecified atom stereocenters. The number of hydrogen-bond donors (Lipinski definition) is 0. The van der Waals surface area contributed by atoms with Gasteiger partial charge in [-0.3, -0.25) is 0 Å². The molecular weight excluding hydrogens is 216 g/mol. The summed E-state index contributed by atoms with van der Waals surface area (Å²) in [6, 6.07) is 0. The lowest BCUT2D eigenvalue weighted by atomic mass is 9.78. The minimum Gasteiger partial charge on any atom is -0.102 e. The van der Waals surface area contributed by atoms with Gasteiger partial charge in [0.15, 0.2) is 0 Å². The van der Waals surface area contributed by atoms with Crippen LogP contribution in [0.4, 0.5) is 0 Å². The highest BCUT2D eigenvalue weighted by atomic mass is 14.3. The van der Waals surface area contributed by atoms with Crippen molar-refractivity contribution in [2.45, 2.75) is 73.1 Å². The first-order valence-corrected chi connectivity index (χ1v) is 7.63. The topological polar surface area (TPSA) is 0 Å². The van der Waals surface area contributed by atoms with Gasteiger partial charge in [0.1, 0.15) is 0 Å². The van der Waals surface area contributed by atoms with Gasteiger partial charge in [0.05, 0.1) is 0 Å². The van der Waals surface area contributed by atoms with Crippen molar-refractivity contribution in [3.05, 3.63) is 24.8 Å². The summed E-state index contributed by atoms with van der Waals surface area (Å²) in [5.41, 5.74) is 1.80. The molecule has 0 aromatic rings. The Morgan fingerprint density at radius 2 is 1.78 bits per heavy atom. The SMILES string of the molecule is C=CC(CCCCC)C(=C)CCC(C)C(C)(C)C. The third-order valence-electron chi connectivity index (χ3n) is 4.30. The Kier molecular flexibility index (Phi) is 8.31. The normalized spacial score (nSPS) is 15.2. The van der Waals surface area contributed by atoms with Crippen molar-refractivity contribution in [1.82, 2.24) is 0 Å². The van der Waals surface area contributed by atoms with Gasteiger partial charge in [-0.15, -0.1) is 6.58 Å². The second kappa shape index (κ2) is 8.56. The Morgan fingerprint density at radius 1 is 1.17 bits per heavy atom. The number of allylic oxidation sites excluding steroid dienone is 2. The summed E-state index contributed by atoms with van der Waals surface area (Å²) < 4.78 is 0. The van der Waals surface area contributed by atoms with Crippen molar-refractivity contribution in [2.75, 3.05) is 0 Å². The lowest BCUT2D eigenvalue weighted by Gasteiger charge is -2.28. The summed E-state index contributed by atoms with van der Waals surface area (Å²) in [5.74, 6) is 1.28. The molecule has 0 aromatic carbocycles. The largest absolute Gasteiger partial charge is 0.102 e. The summed E-state index contributed by atoms with van der Waals surface area (Å²) in [5, 5.41) is 0. The van der Waals surface area contributed by atoms with E-state index in [2.05, 4.69) is 53.9 Å². The van der Waals surface area contributed by atoms with Crippen molar-refractivity contribution in [2.24, 2.45) is 17.3 Å². The summed E-state index contributed by atoms with van der Waals surface area (Å²) in [7, 11) is 0. The maximum atomic E-state index is 4.29. The Labute approximate surface area is 116 Å². The first-order valence-electron chi connectivity index (χ1n) is 7.63. The molecule has 0 radical (unpaired) electrons. The van der Waals surface area contributed by atoms with Gasteiger partial charge in [-0.25, -0.2) is 0 Å².